The molecular formula is C21H33N3O4. The zero-order valence-corrected chi connectivity index (χ0v) is 16.8. The summed E-state index contributed by atoms with van der Waals surface area (Å²) in [7, 11) is 0. The molecular weight excluding hydrogens is 358 g/mol. The number of nitrogens with zero attached hydrogens (tertiary/aromatic N) is 1. The molecule has 0 saturated carbocycles. The third-order valence-corrected chi connectivity index (χ3v) is 5.36. The molecule has 2 unspecified atom stereocenters. The zero-order chi connectivity index (χ0) is 19.6. The fourth-order valence-electron chi connectivity index (χ4n) is 3.79. The van der Waals surface area contributed by atoms with E-state index in [-0.39, 0.29) is 6.03 Å². The van der Waals surface area contributed by atoms with E-state index < -0.39 is 0 Å². The van der Waals surface area contributed by atoms with Crippen molar-refractivity contribution in [3.63, 3.8) is 0 Å². The Balaban J connectivity index is 1.33. The van der Waals surface area contributed by atoms with Crippen LogP contribution in [-0.4, -0.2) is 76.2 Å². The van der Waals surface area contributed by atoms with E-state index in [9.17, 15) is 4.79 Å². The minimum atomic E-state index is -0.118. The molecule has 2 heterocycles. The normalized spacial score (nSPS) is 21.2. The molecule has 2 aliphatic heterocycles. The predicted molar refractivity (Wildman–Crippen MR) is 108 cm³/mol. The third kappa shape index (κ3) is 6.65. The summed E-state index contributed by atoms with van der Waals surface area (Å²) in [5.74, 6) is 1.35. The molecule has 0 radical (unpaired) electrons. The van der Waals surface area contributed by atoms with Crippen LogP contribution in [0, 0.1) is 12.8 Å². The summed E-state index contributed by atoms with van der Waals surface area (Å²) in [4.78, 5) is 14.6. The SMILES string of the molecule is Cc1cccc(OCCCNC(=O)NCC(C2CCOC2)N2CCOCC2)c1. The Morgan fingerprint density at radius 3 is 2.86 bits per heavy atom. The number of urea groups is 1. The lowest BCUT2D eigenvalue weighted by Gasteiger charge is -2.37. The van der Waals surface area contributed by atoms with E-state index in [1.807, 2.05) is 31.2 Å². The summed E-state index contributed by atoms with van der Waals surface area (Å²) in [5.41, 5.74) is 1.18. The largest absolute Gasteiger partial charge is 0.494 e. The van der Waals surface area contributed by atoms with Crippen molar-refractivity contribution in [2.45, 2.75) is 25.8 Å². The summed E-state index contributed by atoms with van der Waals surface area (Å²) >= 11 is 0. The van der Waals surface area contributed by atoms with Crippen LogP contribution in [0.25, 0.3) is 0 Å². The van der Waals surface area contributed by atoms with E-state index in [0.717, 1.165) is 58.1 Å². The second-order valence-electron chi connectivity index (χ2n) is 7.49. The van der Waals surface area contributed by atoms with E-state index in [2.05, 4.69) is 15.5 Å². The van der Waals surface area contributed by atoms with Crippen molar-refractivity contribution < 1.29 is 19.0 Å². The number of carbonyl (C=O) groups is 1. The molecule has 2 amide bonds. The van der Waals surface area contributed by atoms with Gasteiger partial charge in [0.1, 0.15) is 5.75 Å². The number of morpholine rings is 1. The summed E-state index contributed by atoms with van der Waals surface area (Å²) in [6.45, 7) is 8.81. The van der Waals surface area contributed by atoms with Crippen LogP contribution < -0.4 is 15.4 Å². The Morgan fingerprint density at radius 2 is 2.11 bits per heavy atom. The minimum Gasteiger partial charge on any atom is -0.494 e. The maximum absolute atomic E-state index is 12.2. The lowest BCUT2D eigenvalue weighted by atomic mass is 9.97. The standard InChI is InChI=1S/C21H33N3O4/c1-17-4-2-5-19(14-17)28-10-3-7-22-21(25)23-15-20(18-6-11-27-16-18)24-8-12-26-13-9-24/h2,4-5,14,18,20H,3,6-13,15-16H2,1H3,(H2,22,23,25). The van der Waals surface area contributed by atoms with Crippen molar-refractivity contribution >= 4 is 6.03 Å². The fourth-order valence-corrected chi connectivity index (χ4v) is 3.79. The van der Waals surface area contributed by atoms with Gasteiger partial charge in [-0.15, -0.1) is 0 Å². The maximum Gasteiger partial charge on any atom is 0.314 e. The quantitative estimate of drug-likeness (QED) is 0.628. The summed E-state index contributed by atoms with van der Waals surface area (Å²) in [6, 6.07) is 8.18. The minimum absolute atomic E-state index is 0.118. The van der Waals surface area contributed by atoms with E-state index in [0.29, 0.717) is 31.7 Å². The Labute approximate surface area is 167 Å². The average molecular weight is 392 g/mol. The van der Waals surface area contributed by atoms with Crippen LogP contribution >= 0.6 is 0 Å². The number of aryl methyl sites for hydroxylation is 1. The summed E-state index contributed by atoms with van der Waals surface area (Å²) < 4.78 is 16.7. The molecule has 7 heteroatoms. The molecule has 156 valence electrons. The van der Waals surface area contributed by atoms with Gasteiger partial charge < -0.3 is 24.8 Å². The number of amides is 2. The molecule has 7 nitrogen and oxygen atoms in total. The predicted octanol–water partition coefficient (Wildman–Crippen LogP) is 1.80. The lowest BCUT2D eigenvalue weighted by molar-refractivity contribution is 0.00213. The number of nitrogens with one attached hydrogen (secondary N) is 2. The second-order valence-corrected chi connectivity index (χ2v) is 7.49. The van der Waals surface area contributed by atoms with Gasteiger partial charge in [0.15, 0.2) is 0 Å². The van der Waals surface area contributed by atoms with Crippen LogP contribution in [0.1, 0.15) is 18.4 Å². The van der Waals surface area contributed by atoms with Crippen LogP contribution in [0.4, 0.5) is 4.79 Å². The number of benzene rings is 1. The summed E-state index contributed by atoms with van der Waals surface area (Å²) in [6.07, 6.45) is 1.83. The molecule has 0 bridgehead atoms. The van der Waals surface area contributed by atoms with E-state index in [1.54, 1.807) is 0 Å². The van der Waals surface area contributed by atoms with Gasteiger partial charge in [-0.05, 0) is 37.5 Å². The van der Waals surface area contributed by atoms with Crippen molar-refractivity contribution in [2.75, 3.05) is 59.2 Å². The Hall–Kier alpha value is -1.83. The zero-order valence-electron chi connectivity index (χ0n) is 16.8. The van der Waals surface area contributed by atoms with Crippen LogP contribution in [0.3, 0.4) is 0 Å². The summed E-state index contributed by atoms with van der Waals surface area (Å²) in [5, 5.41) is 5.97. The van der Waals surface area contributed by atoms with Gasteiger partial charge in [-0.3, -0.25) is 4.90 Å². The van der Waals surface area contributed by atoms with E-state index in [1.165, 1.54) is 5.56 Å². The lowest BCUT2D eigenvalue weighted by Crippen LogP contribution is -2.53. The van der Waals surface area contributed by atoms with Crippen molar-refractivity contribution in [3.05, 3.63) is 29.8 Å². The first-order chi connectivity index (χ1) is 13.7. The molecule has 0 aliphatic carbocycles. The van der Waals surface area contributed by atoms with Crippen molar-refractivity contribution in [1.29, 1.82) is 0 Å². The second kappa shape index (κ2) is 11.2. The Kier molecular flexibility index (Phi) is 8.39. The fraction of sp³-hybridized carbons (Fsp3) is 0.667. The Bertz CT molecular complexity index is 601. The van der Waals surface area contributed by atoms with Gasteiger partial charge in [0.05, 0.1) is 26.4 Å². The van der Waals surface area contributed by atoms with Gasteiger partial charge in [0.25, 0.3) is 0 Å². The first-order valence-corrected chi connectivity index (χ1v) is 10.3. The van der Waals surface area contributed by atoms with Gasteiger partial charge >= 0.3 is 6.03 Å². The molecule has 3 rings (SSSR count). The first kappa shape index (κ1) is 20.9. The van der Waals surface area contributed by atoms with Crippen LogP contribution in [0.5, 0.6) is 5.75 Å². The molecule has 0 aromatic heterocycles. The number of ether oxygens (including phenoxy) is 3. The monoisotopic (exact) mass is 391 g/mol. The molecule has 2 atom stereocenters. The van der Waals surface area contributed by atoms with Crippen molar-refractivity contribution in [3.8, 4) is 5.75 Å². The Morgan fingerprint density at radius 1 is 1.25 bits per heavy atom. The highest BCUT2D eigenvalue weighted by Gasteiger charge is 2.31. The molecule has 0 spiro atoms. The maximum atomic E-state index is 12.2. The number of carbonyl (C=O) groups excluding carboxylic acids is 1. The highest BCUT2D eigenvalue weighted by Crippen LogP contribution is 2.21. The van der Waals surface area contributed by atoms with Crippen LogP contribution in [0.2, 0.25) is 0 Å². The molecule has 2 N–H and O–H groups in total. The van der Waals surface area contributed by atoms with Gasteiger partial charge in [0, 0.05) is 44.7 Å². The molecule has 1 aromatic carbocycles. The molecule has 1 aromatic rings. The average Bonchev–Trinajstić information content (AvgIpc) is 3.23. The number of hydrogen-bond acceptors (Lipinski definition) is 5. The number of hydrogen-bond donors (Lipinski definition) is 2. The van der Waals surface area contributed by atoms with Gasteiger partial charge in [-0.25, -0.2) is 4.79 Å². The van der Waals surface area contributed by atoms with Crippen molar-refractivity contribution in [1.82, 2.24) is 15.5 Å². The van der Waals surface area contributed by atoms with Gasteiger partial charge in [0.2, 0.25) is 0 Å². The van der Waals surface area contributed by atoms with Crippen molar-refractivity contribution in [2.24, 2.45) is 5.92 Å². The number of rotatable bonds is 9. The first-order valence-electron chi connectivity index (χ1n) is 10.3. The molecule has 2 fully saturated rings. The molecule has 28 heavy (non-hydrogen) atoms. The van der Waals surface area contributed by atoms with E-state index >= 15 is 0 Å². The third-order valence-electron chi connectivity index (χ3n) is 5.36. The molecule has 2 saturated heterocycles. The van der Waals surface area contributed by atoms with E-state index in [4.69, 9.17) is 14.2 Å². The molecule has 2 aliphatic rings. The van der Waals surface area contributed by atoms with Crippen LogP contribution in [-0.2, 0) is 9.47 Å². The topological polar surface area (TPSA) is 72.1 Å². The highest BCUT2D eigenvalue weighted by molar-refractivity contribution is 5.73. The van der Waals surface area contributed by atoms with Gasteiger partial charge in [-0.1, -0.05) is 12.1 Å². The van der Waals surface area contributed by atoms with Gasteiger partial charge in [-0.2, -0.15) is 0 Å². The highest BCUT2D eigenvalue weighted by atomic mass is 16.5. The van der Waals surface area contributed by atoms with Crippen LogP contribution in [0.15, 0.2) is 24.3 Å². The smallest absolute Gasteiger partial charge is 0.314 e.